The number of ether oxygens (including phenoxy) is 1. The van der Waals surface area contributed by atoms with Crippen molar-refractivity contribution in [2.75, 3.05) is 0 Å². The lowest BCUT2D eigenvalue weighted by Crippen LogP contribution is -2.28. The van der Waals surface area contributed by atoms with Crippen LogP contribution in [0.15, 0.2) is 24.3 Å². The van der Waals surface area contributed by atoms with Gasteiger partial charge in [-0.25, -0.2) is 0 Å². The summed E-state index contributed by atoms with van der Waals surface area (Å²) in [6.45, 7) is 5.29. The van der Waals surface area contributed by atoms with E-state index in [0.717, 1.165) is 17.7 Å². The number of carbonyl (C=O) groups is 1. The SMILES string of the molecule is CC(C)(C)OC(=O)CCCc1ccc(OS(=O)(=O)C(F)(F)F)cc1. The van der Waals surface area contributed by atoms with Gasteiger partial charge in [-0.05, 0) is 51.3 Å². The Labute approximate surface area is 138 Å². The second kappa shape index (κ2) is 7.42. The third-order valence-corrected chi connectivity index (χ3v) is 3.66. The average molecular weight is 368 g/mol. The summed E-state index contributed by atoms with van der Waals surface area (Å²) in [5, 5.41) is 0. The molecule has 1 aromatic carbocycles. The first-order valence-corrected chi connectivity index (χ1v) is 8.52. The summed E-state index contributed by atoms with van der Waals surface area (Å²) < 4.78 is 67.5. The molecule has 0 unspecified atom stereocenters. The number of esters is 1. The molecule has 0 aliphatic rings. The van der Waals surface area contributed by atoms with Crippen LogP contribution in [0.3, 0.4) is 0 Å². The van der Waals surface area contributed by atoms with Crippen molar-refractivity contribution in [2.45, 2.75) is 51.1 Å². The lowest BCUT2D eigenvalue weighted by Gasteiger charge is -2.19. The van der Waals surface area contributed by atoms with Crippen LogP contribution in [0.5, 0.6) is 5.75 Å². The molecule has 136 valence electrons. The van der Waals surface area contributed by atoms with Gasteiger partial charge < -0.3 is 8.92 Å². The molecule has 24 heavy (non-hydrogen) atoms. The minimum Gasteiger partial charge on any atom is -0.460 e. The molecule has 0 aromatic heterocycles. The highest BCUT2D eigenvalue weighted by molar-refractivity contribution is 7.87. The van der Waals surface area contributed by atoms with Gasteiger partial charge in [0.05, 0.1) is 0 Å². The number of aryl methyl sites for hydroxylation is 1. The van der Waals surface area contributed by atoms with E-state index in [0.29, 0.717) is 12.8 Å². The van der Waals surface area contributed by atoms with Gasteiger partial charge in [0.15, 0.2) is 0 Å². The summed E-state index contributed by atoms with van der Waals surface area (Å²) in [7, 11) is -5.67. The van der Waals surface area contributed by atoms with Crippen molar-refractivity contribution in [1.82, 2.24) is 0 Å². The minimum absolute atomic E-state index is 0.206. The first kappa shape index (κ1) is 20.3. The Balaban J connectivity index is 2.53. The molecule has 0 amide bonds. The van der Waals surface area contributed by atoms with Crippen molar-refractivity contribution in [3.8, 4) is 5.75 Å². The molecule has 0 aliphatic carbocycles. The van der Waals surface area contributed by atoms with Crippen LogP contribution in [-0.4, -0.2) is 25.5 Å². The lowest BCUT2D eigenvalue weighted by atomic mass is 10.1. The van der Waals surface area contributed by atoms with Gasteiger partial charge in [0.1, 0.15) is 11.4 Å². The van der Waals surface area contributed by atoms with Crippen LogP contribution in [-0.2, 0) is 26.1 Å². The number of benzene rings is 1. The zero-order chi connectivity index (χ0) is 18.6. The zero-order valence-corrected chi connectivity index (χ0v) is 14.3. The van der Waals surface area contributed by atoms with Crippen LogP contribution in [0, 0.1) is 0 Å². The largest absolute Gasteiger partial charge is 0.534 e. The third-order valence-electron chi connectivity index (χ3n) is 2.68. The van der Waals surface area contributed by atoms with Crippen molar-refractivity contribution in [3.05, 3.63) is 29.8 Å². The molecule has 1 rings (SSSR count). The molecule has 0 saturated heterocycles. The molecule has 0 atom stereocenters. The Kier molecular flexibility index (Phi) is 6.26. The average Bonchev–Trinajstić information content (AvgIpc) is 2.37. The first-order chi connectivity index (χ1) is 10.8. The van der Waals surface area contributed by atoms with E-state index in [1.165, 1.54) is 12.1 Å². The van der Waals surface area contributed by atoms with Crippen LogP contribution in [0.2, 0.25) is 0 Å². The molecule has 0 spiro atoms. The number of hydrogen-bond donors (Lipinski definition) is 0. The smallest absolute Gasteiger partial charge is 0.460 e. The van der Waals surface area contributed by atoms with Gasteiger partial charge in [0.2, 0.25) is 0 Å². The van der Waals surface area contributed by atoms with Crippen molar-refractivity contribution in [1.29, 1.82) is 0 Å². The van der Waals surface area contributed by atoms with E-state index in [-0.39, 0.29) is 12.4 Å². The van der Waals surface area contributed by atoms with E-state index >= 15 is 0 Å². The topological polar surface area (TPSA) is 69.7 Å². The first-order valence-electron chi connectivity index (χ1n) is 7.12. The Bertz CT molecular complexity index is 658. The predicted molar refractivity (Wildman–Crippen MR) is 80.8 cm³/mol. The number of carbonyl (C=O) groups excluding carboxylic acids is 1. The molecule has 0 bridgehead atoms. The van der Waals surface area contributed by atoms with E-state index in [4.69, 9.17) is 4.74 Å². The van der Waals surface area contributed by atoms with Gasteiger partial charge in [0.25, 0.3) is 0 Å². The molecule has 9 heteroatoms. The van der Waals surface area contributed by atoms with E-state index in [2.05, 4.69) is 4.18 Å². The molecule has 0 fully saturated rings. The van der Waals surface area contributed by atoms with Crippen molar-refractivity contribution < 1.29 is 35.3 Å². The molecule has 0 heterocycles. The van der Waals surface area contributed by atoms with Crippen LogP contribution in [0.1, 0.15) is 39.2 Å². The summed E-state index contributed by atoms with van der Waals surface area (Å²) in [6, 6.07) is 5.14. The Hall–Kier alpha value is -1.77. The van der Waals surface area contributed by atoms with E-state index in [1.807, 2.05) is 0 Å². The summed E-state index contributed by atoms with van der Waals surface area (Å²) in [5.41, 5.74) is -5.30. The normalized spacial score (nSPS) is 12.8. The summed E-state index contributed by atoms with van der Waals surface area (Å²) in [5.74, 6) is -0.762. The molecule has 0 aliphatic heterocycles. The van der Waals surface area contributed by atoms with Crippen molar-refractivity contribution in [2.24, 2.45) is 0 Å². The molecule has 1 aromatic rings. The molecular formula is C15H19F3O5S. The quantitative estimate of drug-likeness (QED) is 0.436. The zero-order valence-electron chi connectivity index (χ0n) is 13.5. The predicted octanol–water partition coefficient (Wildman–Crippen LogP) is 3.58. The van der Waals surface area contributed by atoms with E-state index in [1.54, 1.807) is 20.8 Å². The Morgan fingerprint density at radius 2 is 1.62 bits per heavy atom. The number of rotatable bonds is 6. The maximum Gasteiger partial charge on any atom is 0.534 e. The monoisotopic (exact) mass is 368 g/mol. The molecule has 0 saturated carbocycles. The van der Waals surface area contributed by atoms with Crippen LogP contribution < -0.4 is 4.18 Å². The highest BCUT2D eigenvalue weighted by Gasteiger charge is 2.48. The fourth-order valence-corrected chi connectivity index (χ4v) is 2.17. The summed E-state index contributed by atoms with van der Waals surface area (Å²) in [6.07, 6.45) is 1.19. The van der Waals surface area contributed by atoms with Crippen LogP contribution in [0.25, 0.3) is 0 Å². The van der Waals surface area contributed by atoms with Gasteiger partial charge in [-0.15, -0.1) is 0 Å². The van der Waals surface area contributed by atoms with Gasteiger partial charge in [-0.1, -0.05) is 12.1 Å². The van der Waals surface area contributed by atoms with Gasteiger partial charge >= 0.3 is 21.6 Å². The molecular weight excluding hydrogens is 349 g/mol. The molecule has 5 nitrogen and oxygen atoms in total. The number of hydrogen-bond acceptors (Lipinski definition) is 5. The maximum atomic E-state index is 12.2. The van der Waals surface area contributed by atoms with Gasteiger partial charge in [0, 0.05) is 6.42 Å². The summed E-state index contributed by atoms with van der Waals surface area (Å²) in [4.78, 5) is 11.5. The summed E-state index contributed by atoms with van der Waals surface area (Å²) >= 11 is 0. The maximum absolute atomic E-state index is 12.2. The second-order valence-electron chi connectivity index (χ2n) is 6.07. The highest BCUT2D eigenvalue weighted by Crippen LogP contribution is 2.27. The van der Waals surface area contributed by atoms with Crippen molar-refractivity contribution in [3.63, 3.8) is 0 Å². The van der Waals surface area contributed by atoms with Gasteiger partial charge in [-0.3, -0.25) is 4.79 Å². The van der Waals surface area contributed by atoms with Crippen LogP contribution in [0.4, 0.5) is 13.2 Å². The third kappa shape index (κ3) is 6.77. The molecule has 0 radical (unpaired) electrons. The lowest BCUT2D eigenvalue weighted by molar-refractivity contribution is -0.154. The fraction of sp³-hybridized carbons (Fsp3) is 0.533. The van der Waals surface area contributed by atoms with E-state index < -0.39 is 27.0 Å². The van der Waals surface area contributed by atoms with Crippen LogP contribution >= 0.6 is 0 Å². The highest BCUT2D eigenvalue weighted by atomic mass is 32.2. The fourth-order valence-electron chi connectivity index (χ4n) is 1.71. The Morgan fingerprint density at radius 1 is 1.08 bits per heavy atom. The molecule has 0 N–H and O–H groups in total. The van der Waals surface area contributed by atoms with E-state index in [9.17, 15) is 26.4 Å². The van der Waals surface area contributed by atoms with Gasteiger partial charge in [-0.2, -0.15) is 21.6 Å². The number of alkyl halides is 3. The Morgan fingerprint density at radius 3 is 2.08 bits per heavy atom. The second-order valence-corrected chi connectivity index (χ2v) is 7.60. The standard InChI is InChI=1S/C15H19F3O5S/c1-14(2,3)22-13(19)6-4-5-11-7-9-12(10-8-11)23-24(20,21)15(16,17)18/h7-10H,4-6H2,1-3H3. The number of halogens is 3. The minimum atomic E-state index is -5.67. The van der Waals surface area contributed by atoms with Crippen molar-refractivity contribution >= 4 is 16.1 Å².